The summed E-state index contributed by atoms with van der Waals surface area (Å²) in [4.78, 5) is 39.2. The number of thiocarbonyl (C=S) groups is 1. The zero-order valence-corrected chi connectivity index (χ0v) is 56.4. The Morgan fingerprint density at radius 3 is 0.694 bits per heavy atom. The minimum Gasteiger partial charge on any atom is -0.353 e. The van der Waals surface area contributed by atoms with E-state index in [9.17, 15) is 14.4 Å². The van der Waals surface area contributed by atoms with Crippen LogP contribution in [0.3, 0.4) is 0 Å². The molecule has 1 N–H and O–H groups in total. The molecule has 0 aromatic rings. The minimum atomic E-state index is -0.417. The van der Waals surface area contributed by atoms with Gasteiger partial charge in [0.15, 0.2) is 5.79 Å². The largest absolute Gasteiger partial charge is 0.353 e. The highest BCUT2D eigenvalue weighted by Gasteiger charge is 2.37. The van der Waals surface area contributed by atoms with E-state index in [1.54, 1.807) is 49.0 Å². The van der Waals surface area contributed by atoms with E-state index >= 15 is 0 Å². The smallest absolute Gasteiger partial charge is 0.201 e. The molecule has 10 nitrogen and oxygen atoms in total. The van der Waals surface area contributed by atoms with Gasteiger partial charge in [-0.25, -0.2) is 5.01 Å². The lowest BCUT2D eigenvalue weighted by atomic mass is 9.88. The second kappa shape index (κ2) is 48.2. The molecule has 0 aliphatic carbocycles. The number of hydrazine groups is 1. The van der Waals surface area contributed by atoms with Crippen LogP contribution in [0.2, 0.25) is 0 Å². The van der Waals surface area contributed by atoms with E-state index in [0.29, 0.717) is 47.6 Å². The molecule has 0 fully saturated rings. The van der Waals surface area contributed by atoms with Gasteiger partial charge in [-0.15, -0.1) is 5.17 Å². The summed E-state index contributed by atoms with van der Waals surface area (Å²) in [6.45, 7) is 71.0. The van der Waals surface area contributed by atoms with Crippen molar-refractivity contribution in [3.8, 4) is 0 Å². The van der Waals surface area contributed by atoms with Gasteiger partial charge in [0.25, 0.3) is 0 Å². The highest BCUT2D eigenvalue weighted by molar-refractivity contribution is 7.80. The molecule has 0 aliphatic rings. The zero-order chi connectivity index (χ0) is 60.1. The SMILES string of the molecule is CC(C)C(=O)C(=O)C(C)C.CC(C)C(=O)C(C)C.CC(C)C(=S)C(C)C.CC(C)C(C)C(C)C.CC(C)C(C)C(C)C.CC(C)N(C(C)C)N(C)O.CC(C)ON(C)C(C)C.COC(OC)(C(C)C)C(C)C. The molecule has 0 aromatic heterocycles. The van der Waals surface area contributed by atoms with Crippen molar-refractivity contribution in [1.29, 1.82) is 0 Å². The summed E-state index contributed by atoms with van der Waals surface area (Å²) in [5, 5.41) is 14.0. The molecular formula is C61H133N3O7S. The maximum atomic E-state index is 10.9. The predicted molar refractivity (Wildman–Crippen MR) is 322 cm³/mol. The summed E-state index contributed by atoms with van der Waals surface area (Å²) in [6.07, 6.45) is 0.289. The molecule has 0 aromatic carbocycles. The maximum absolute atomic E-state index is 10.9. The van der Waals surface area contributed by atoms with Crippen LogP contribution in [-0.2, 0) is 28.7 Å². The third-order valence-corrected chi connectivity index (χ3v) is 13.5. The molecule has 11 heteroatoms. The Kier molecular flexibility index (Phi) is 58.6. The van der Waals surface area contributed by atoms with Crippen LogP contribution in [0.25, 0.3) is 0 Å². The zero-order valence-electron chi connectivity index (χ0n) is 55.5. The monoisotopic (exact) mass is 1050 g/mol. The Hall–Kier alpha value is -1.18. The molecule has 72 heavy (non-hydrogen) atoms. The predicted octanol–water partition coefficient (Wildman–Crippen LogP) is 17.1. The number of carbonyl (C=O) groups is 3. The standard InChI is InChI=1S/C9H20O2.C8H14O2.2C8H18.C7H18N2O.C7H17NO.C7H14O.C7H14S/c1-7(2)9(10-5,11-6)8(3)4;1-5(2)7(9)8(10)6(3)4;2*1-6(2)8(5)7(3)4;1-6(2)9(7(3)4)8(5)10;1-6(2)8(5)9-7(3)4;2*1-5(2)7(8)6(3)4/h7-8H,1-6H3;5-6H,1-4H3;2*6-8H,1-5H3;6-7,10H,1-5H3;6-7H,1-5H3;2*5-6H,1-4H3. The van der Waals surface area contributed by atoms with E-state index in [0.717, 1.165) is 40.7 Å². The number of Topliss-reactive ketones (excluding diaryl/α,β-unsaturated/α-hetero) is 3. The minimum absolute atomic E-state index is 0.157. The first-order valence-electron chi connectivity index (χ1n) is 28.1. The van der Waals surface area contributed by atoms with Crippen LogP contribution < -0.4 is 0 Å². The molecule has 0 amide bonds. The molecule has 0 unspecified atom stereocenters. The number of methoxy groups -OCH3 is 2. The van der Waals surface area contributed by atoms with Crippen molar-refractivity contribution in [2.24, 2.45) is 82.9 Å². The summed E-state index contributed by atoms with van der Waals surface area (Å²) < 4.78 is 10.8. The second-order valence-corrected chi connectivity index (χ2v) is 24.9. The van der Waals surface area contributed by atoms with Gasteiger partial charge in [-0.2, -0.15) is 5.06 Å². The van der Waals surface area contributed by atoms with Crippen LogP contribution in [-0.4, -0.2) is 101 Å². The number of rotatable bonds is 21. The second-order valence-electron chi connectivity index (χ2n) is 24.4. The first kappa shape index (κ1) is 87.5. The average Bonchev–Trinajstić information content (AvgIpc) is 3.22. The number of hydrogen-bond donors (Lipinski definition) is 1. The molecular weight excluding hydrogens is 919 g/mol. The van der Waals surface area contributed by atoms with Gasteiger partial charge in [-0.3, -0.25) is 24.4 Å². The van der Waals surface area contributed by atoms with Gasteiger partial charge in [-0.1, -0.05) is 192 Å². The summed E-state index contributed by atoms with van der Waals surface area (Å²) >= 11 is 5.10. The van der Waals surface area contributed by atoms with Gasteiger partial charge in [0.05, 0.1) is 6.10 Å². The van der Waals surface area contributed by atoms with Gasteiger partial charge in [0.2, 0.25) is 11.6 Å². The van der Waals surface area contributed by atoms with E-state index < -0.39 is 5.79 Å². The fraction of sp³-hybridized carbons (Fsp3) is 0.934. The van der Waals surface area contributed by atoms with Gasteiger partial charge in [0.1, 0.15) is 5.78 Å². The highest BCUT2D eigenvalue weighted by Crippen LogP contribution is 2.30. The average molecular weight is 1050 g/mol. The van der Waals surface area contributed by atoms with Crippen molar-refractivity contribution < 1.29 is 33.9 Å². The van der Waals surface area contributed by atoms with Crippen molar-refractivity contribution in [2.45, 2.75) is 265 Å². The topological polar surface area (TPSA) is 109 Å². The summed E-state index contributed by atoms with van der Waals surface area (Å²) in [5.74, 6) is 6.52. The first-order chi connectivity index (χ1) is 32.2. The Morgan fingerprint density at radius 1 is 0.417 bits per heavy atom. The molecule has 0 aliphatic heterocycles. The summed E-state index contributed by atoms with van der Waals surface area (Å²) in [5.41, 5.74) is 0. The fourth-order valence-electron chi connectivity index (χ4n) is 6.85. The van der Waals surface area contributed by atoms with Gasteiger partial charge in [0, 0.05) is 81.9 Å². The number of nitrogens with zero attached hydrogens (tertiary/aromatic N) is 3. The molecule has 0 saturated heterocycles. The molecule has 0 atom stereocenters. The van der Waals surface area contributed by atoms with Crippen LogP contribution >= 0.6 is 12.2 Å². The Morgan fingerprint density at radius 2 is 0.667 bits per heavy atom. The van der Waals surface area contributed by atoms with Crippen LogP contribution in [0.5, 0.6) is 0 Å². The molecule has 0 rings (SSSR count). The lowest BCUT2D eigenvalue weighted by Gasteiger charge is -2.38. The molecule has 0 saturated carbocycles. The van der Waals surface area contributed by atoms with E-state index in [4.69, 9.17) is 31.7 Å². The third kappa shape index (κ3) is 48.5. The third-order valence-electron chi connectivity index (χ3n) is 12.5. The Bertz CT molecular complexity index is 1140. The van der Waals surface area contributed by atoms with Crippen molar-refractivity contribution in [3.05, 3.63) is 0 Å². The van der Waals surface area contributed by atoms with E-state index in [1.165, 1.54) is 4.86 Å². The maximum Gasteiger partial charge on any atom is 0.201 e. The normalized spacial score (nSPS) is 11.8. The Balaban J connectivity index is -0.000000109. The van der Waals surface area contributed by atoms with Crippen LogP contribution in [0.4, 0.5) is 0 Å². The van der Waals surface area contributed by atoms with E-state index in [-0.39, 0.29) is 41.3 Å². The number of ketones is 3. The Labute approximate surface area is 458 Å². The summed E-state index contributed by atoms with van der Waals surface area (Å²) in [6, 6.07) is 1.15. The highest BCUT2D eigenvalue weighted by atomic mass is 32.1. The van der Waals surface area contributed by atoms with Crippen LogP contribution in [0.1, 0.15) is 235 Å². The molecule has 0 heterocycles. The summed E-state index contributed by atoms with van der Waals surface area (Å²) in [7, 11) is 6.98. The number of ether oxygens (including phenoxy) is 2. The van der Waals surface area contributed by atoms with Crippen molar-refractivity contribution in [1.82, 2.24) is 15.2 Å². The van der Waals surface area contributed by atoms with Crippen molar-refractivity contribution >= 4 is 34.4 Å². The number of carbonyl (C=O) groups excluding carboxylic acids is 3. The van der Waals surface area contributed by atoms with Crippen molar-refractivity contribution in [2.75, 3.05) is 28.3 Å². The van der Waals surface area contributed by atoms with Crippen LogP contribution in [0.15, 0.2) is 0 Å². The van der Waals surface area contributed by atoms with E-state index in [2.05, 4.69) is 138 Å². The quantitative estimate of drug-likeness (QED) is 0.0514. The van der Waals surface area contributed by atoms with Crippen molar-refractivity contribution in [3.63, 3.8) is 0 Å². The lowest BCUT2D eigenvalue weighted by Crippen LogP contribution is -2.46. The lowest BCUT2D eigenvalue weighted by molar-refractivity contribution is -0.258. The first-order valence-corrected chi connectivity index (χ1v) is 28.5. The van der Waals surface area contributed by atoms with E-state index in [1.807, 2.05) is 86.4 Å². The number of hydroxylamine groups is 3. The fourth-order valence-corrected chi connectivity index (χ4v) is 6.85. The molecule has 440 valence electrons. The number of hydrogen-bond acceptors (Lipinski definition) is 11. The molecule has 0 bridgehead atoms. The van der Waals surface area contributed by atoms with Gasteiger partial charge < -0.3 is 9.47 Å². The molecule has 0 radical (unpaired) electrons. The van der Waals surface area contributed by atoms with Gasteiger partial charge >= 0.3 is 0 Å². The van der Waals surface area contributed by atoms with Crippen LogP contribution in [0, 0.1) is 82.9 Å². The molecule has 0 spiro atoms. The van der Waals surface area contributed by atoms with Gasteiger partial charge in [-0.05, 0) is 108 Å².